The molecule has 0 aromatic rings. The molecular formula is C17H31N3O2. The van der Waals surface area contributed by atoms with Crippen LogP contribution in [0, 0.1) is 5.92 Å². The minimum absolute atomic E-state index is 0.0710. The maximum Gasteiger partial charge on any atom is 0.245 e. The number of nitrogens with zero attached hydrogens (tertiary/aromatic N) is 1. The van der Waals surface area contributed by atoms with Crippen LogP contribution in [-0.2, 0) is 9.59 Å². The molecule has 3 atom stereocenters. The first-order valence-corrected chi connectivity index (χ1v) is 8.82. The highest BCUT2D eigenvalue weighted by Crippen LogP contribution is 2.29. The van der Waals surface area contributed by atoms with Gasteiger partial charge in [-0.3, -0.25) is 9.59 Å². The van der Waals surface area contributed by atoms with Crippen LogP contribution in [0.5, 0.6) is 0 Å². The first-order chi connectivity index (χ1) is 10.5. The molecule has 5 nitrogen and oxygen atoms in total. The first kappa shape index (κ1) is 17.3. The Labute approximate surface area is 134 Å². The molecule has 1 aliphatic heterocycles. The van der Waals surface area contributed by atoms with Gasteiger partial charge in [-0.25, -0.2) is 0 Å². The predicted octanol–water partition coefficient (Wildman–Crippen LogP) is 1.67. The van der Waals surface area contributed by atoms with Crippen LogP contribution in [0.1, 0.15) is 58.8 Å². The van der Waals surface area contributed by atoms with Gasteiger partial charge in [0.1, 0.15) is 6.04 Å². The van der Waals surface area contributed by atoms with Gasteiger partial charge in [-0.05, 0) is 52.5 Å². The van der Waals surface area contributed by atoms with Crippen LogP contribution < -0.4 is 10.6 Å². The maximum absolute atomic E-state index is 13.0. The maximum atomic E-state index is 13.0. The summed E-state index contributed by atoms with van der Waals surface area (Å²) in [7, 11) is 1.77. The van der Waals surface area contributed by atoms with Gasteiger partial charge in [-0.1, -0.05) is 19.3 Å². The van der Waals surface area contributed by atoms with E-state index in [4.69, 9.17) is 0 Å². The number of carbonyl (C=O) groups is 2. The molecule has 1 unspecified atom stereocenters. The van der Waals surface area contributed by atoms with Gasteiger partial charge in [0, 0.05) is 12.6 Å². The lowest BCUT2D eigenvalue weighted by atomic mass is 9.83. The molecule has 22 heavy (non-hydrogen) atoms. The molecule has 0 spiro atoms. The number of rotatable bonds is 5. The van der Waals surface area contributed by atoms with E-state index in [1.807, 2.05) is 11.8 Å². The number of amides is 2. The van der Waals surface area contributed by atoms with Crippen molar-refractivity contribution < 1.29 is 9.59 Å². The topological polar surface area (TPSA) is 61.4 Å². The third-order valence-corrected chi connectivity index (χ3v) is 5.35. The van der Waals surface area contributed by atoms with Gasteiger partial charge in [0.05, 0.1) is 6.04 Å². The molecule has 126 valence electrons. The fourth-order valence-corrected chi connectivity index (χ4v) is 3.70. The number of carbonyl (C=O) groups excluding carboxylic acids is 2. The van der Waals surface area contributed by atoms with E-state index in [1.165, 1.54) is 19.3 Å². The summed E-state index contributed by atoms with van der Waals surface area (Å²) in [5.41, 5.74) is 0. The number of hydrogen-bond acceptors (Lipinski definition) is 3. The lowest BCUT2D eigenvalue weighted by molar-refractivity contribution is -0.139. The summed E-state index contributed by atoms with van der Waals surface area (Å²) in [6.45, 7) is 4.78. The van der Waals surface area contributed by atoms with Gasteiger partial charge in [-0.2, -0.15) is 0 Å². The Morgan fingerprint density at radius 3 is 2.32 bits per heavy atom. The molecule has 2 rings (SSSR count). The van der Waals surface area contributed by atoms with E-state index in [0.29, 0.717) is 12.0 Å². The zero-order chi connectivity index (χ0) is 16.1. The van der Waals surface area contributed by atoms with Crippen molar-refractivity contribution in [1.29, 1.82) is 0 Å². The minimum atomic E-state index is -0.343. The van der Waals surface area contributed by atoms with Crippen LogP contribution >= 0.6 is 0 Å². The van der Waals surface area contributed by atoms with Crippen LogP contribution in [0.3, 0.4) is 0 Å². The molecule has 0 bridgehead atoms. The third kappa shape index (κ3) is 4.00. The van der Waals surface area contributed by atoms with E-state index in [9.17, 15) is 9.59 Å². The van der Waals surface area contributed by atoms with E-state index in [1.54, 1.807) is 7.05 Å². The second-order valence-electron chi connectivity index (χ2n) is 6.92. The molecule has 5 heteroatoms. The van der Waals surface area contributed by atoms with Crippen LogP contribution in [0.15, 0.2) is 0 Å². The van der Waals surface area contributed by atoms with Crippen molar-refractivity contribution in [2.24, 2.45) is 5.92 Å². The molecule has 2 aliphatic rings. The number of likely N-dealkylation sites (tertiary alicyclic amines) is 1. The fraction of sp³-hybridized carbons (Fsp3) is 0.882. The Bertz CT molecular complexity index is 393. The summed E-state index contributed by atoms with van der Waals surface area (Å²) in [5, 5.41) is 6.00. The molecular weight excluding hydrogens is 278 g/mol. The molecule has 0 radical (unpaired) electrons. The lowest BCUT2D eigenvalue weighted by Gasteiger charge is -2.34. The van der Waals surface area contributed by atoms with Gasteiger partial charge in [0.15, 0.2) is 0 Å². The van der Waals surface area contributed by atoms with Gasteiger partial charge in [-0.15, -0.1) is 0 Å². The van der Waals surface area contributed by atoms with Gasteiger partial charge < -0.3 is 15.5 Å². The highest BCUT2D eigenvalue weighted by molar-refractivity contribution is 5.90. The summed E-state index contributed by atoms with van der Waals surface area (Å²) < 4.78 is 0. The van der Waals surface area contributed by atoms with Crippen LogP contribution in [0.2, 0.25) is 0 Å². The van der Waals surface area contributed by atoms with Gasteiger partial charge in [0.25, 0.3) is 0 Å². The highest BCUT2D eigenvalue weighted by Gasteiger charge is 2.37. The predicted molar refractivity (Wildman–Crippen MR) is 87.4 cm³/mol. The Morgan fingerprint density at radius 1 is 1.09 bits per heavy atom. The van der Waals surface area contributed by atoms with Crippen molar-refractivity contribution >= 4 is 11.8 Å². The fourth-order valence-electron chi connectivity index (χ4n) is 3.70. The van der Waals surface area contributed by atoms with Crippen LogP contribution in [0.4, 0.5) is 0 Å². The van der Waals surface area contributed by atoms with Gasteiger partial charge in [0.2, 0.25) is 11.8 Å². The largest absolute Gasteiger partial charge is 0.343 e. The van der Waals surface area contributed by atoms with Crippen molar-refractivity contribution in [3.8, 4) is 0 Å². The molecule has 2 N–H and O–H groups in total. The normalized spacial score (nSPS) is 25.8. The van der Waals surface area contributed by atoms with Crippen molar-refractivity contribution in [2.45, 2.75) is 76.9 Å². The van der Waals surface area contributed by atoms with E-state index in [-0.39, 0.29) is 23.9 Å². The number of likely N-dealkylation sites (N-methyl/N-ethyl adjacent to an activating group) is 1. The zero-order valence-electron chi connectivity index (χ0n) is 14.2. The molecule has 0 aromatic heterocycles. The molecule has 0 aromatic carbocycles. The molecule has 1 aliphatic carbocycles. The summed E-state index contributed by atoms with van der Waals surface area (Å²) in [6, 6.07) is -0.309. The number of hydrogen-bond donors (Lipinski definition) is 2. The Kier molecular flexibility index (Phi) is 6.24. The zero-order valence-corrected chi connectivity index (χ0v) is 14.2. The van der Waals surface area contributed by atoms with Crippen molar-refractivity contribution in [3.63, 3.8) is 0 Å². The van der Waals surface area contributed by atoms with Gasteiger partial charge >= 0.3 is 0 Å². The molecule has 1 heterocycles. The molecule has 1 saturated carbocycles. The SMILES string of the molecule is CNC(C)C(=O)N[C@H](C(=O)N1CCC[C@H]1C)C1CCCCC1. The average molecular weight is 309 g/mol. The first-order valence-electron chi connectivity index (χ1n) is 8.82. The summed E-state index contributed by atoms with van der Waals surface area (Å²) >= 11 is 0. The second kappa shape index (κ2) is 7.95. The smallest absolute Gasteiger partial charge is 0.245 e. The Morgan fingerprint density at radius 2 is 1.77 bits per heavy atom. The van der Waals surface area contributed by atoms with E-state index < -0.39 is 0 Å². The summed E-state index contributed by atoms with van der Waals surface area (Å²) in [6.07, 6.45) is 7.83. The van der Waals surface area contributed by atoms with Crippen molar-refractivity contribution in [3.05, 3.63) is 0 Å². The molecule has 1 saturated heterocycles. The Balaban J connectivity index is 2.09. The monoisotopic (exact) mass is 309 g/mol. The molecule has 2 fully saturated rings. The lowest BCUT2D eigenvalue weighted by Crippen LogP contribution is -2.56. The minimum Gasteiger partial charge on any atom is -0.343 e. The summed E-state index contributed by atoms with van der Waals surface area (Å²) in [5.74, 6) is 0.355. The Hall–Kier alpha value is -1.10. The van der Waals surface area contributed by atoms with Crippen molar-refractivity contribution in [2.75, 3.05) is 13.6 Å². The average Bonchev–Trinajstić information content (AvgIpc) is 2.97. The van der Waals surface area contributed by atoms with Crippen LogP contribution in [-0.4, -0.2) is 48.4 Å². The van der Waals surface area contributed by atoms with E-state index in [2.05, 4.69) is 17.6 Å². The second-order valence-corrected chi connectivity index (χ2v) is 6.92. The summed E-state index contributed by atoms with van der Waals surface area (Å²) in [4.78, 5) is 27.3. The number of nitrogens with one attached hydrogen (secondary N) is 2. The van der Waals surface area contributed by atoms with E-state index >= 15 is 0 Å². The highest BCUT2D eigenvalue weighted by atomic mass is 16.2. The molecule has 2 amide bonds. The van der Waals surface area contributed by atoms with Crippen molar-refractivity contribution in [1.82, 2.24) is 15.5 Å². The quantitative estimate of drug-likeness (QED) is 0.812. The van der Waals surface area contributed by atoms with E-state index in [0.717, 1.165) is 32.2 Å². The third-order valence-electron chi connectivity index (χ3n) is 5.35. The van der Waals surface area contributed by atoms with Crippen LogP contribution in [0.25, 0.3) is 0 Å². The standard InChI is InChI=1S/C17H31N3O2/c1-12-8-7-11-20(12)17(22)15(14-9-5-4-6-10-14)19-16(21)13(2)18-3/h12-15,18H,4-11H2,1-3H3,(H,19,21)/t12-,13?,15+/m1/s1.